The van der Waals surface area contributed by atoms with E-state index in [4.69, 9.17) is 37.9 Å². The van der Waals surface area contributed by atoms with Crippen LogP contribution >= 0.6 is 0 Å². The molecule has 0 aliphatic carbocycles. The predicted octanol–water partition coefficient (Wildman–Crippen LogP) is 30.3. The SMILES string of the molecule is C=COCc1c2ccccc2cc2ccccc12.C=COCc1ccc2cc3ccccc3cc2c1.C=COCc1ccc2ccccc2c1.C=COCc1ccc2ccccc2c1.C=COCc1cccc2cc3ccccc3cc12.C=COCc1cccc2ccccc12.C=COCc1cccc2ccccc12.C=COCc1ccccc1. The second-order valence-electron chi connectivity index (χ2n) is 27.5. The van der Waals surface area contributed by atoms with Crippen LogP contribution in [-0.2, 0) is 90.7 Å². The molecule has 0 aliphatic rings. The van der Waals surface area contributed by atoms with E-state index >= 15 is 0 Å². The third-order valence-electron chi connectivity index (χ3n) is 19.6. The summed E-state index contributed by atoms with van der Waals surface area (Å²) in [6, 6.07) is 126. The molecule has 0 radical (unpaired) electrons. The van der Waals surface area contributed by atoms with Gasteiger partial charge in [0.1, 0.15) is 52.9 Å². The van der Waals surface area contributed by atoms with Crippen molar-refractivity contribution < 1.29 is 37.9 Å². The van der Waals surface area contributed by atoms with Gasteiger partial charge in [-0.2, -0.15) is 0 Å². The molecule has 8 nitrogen and oxygen atoms in total. The summed E-state index contributed by atoms with van der Waals surface area (Å²) in [7, 11) is 0. The maximum absolute atomic E-state index is 5.40. The van der Waals surface area contributed by atoms with Gasteiger partial charge in [0.05, 0.1) is 50.1 Å². The molecule has 0 fully saturated rings. The normalized spacial score (nSPS) is 10.2. The van der Waals surface area contributed by atoms with Gasteiger partial charge in [-0.15, -0.1) is 0 Å². The third-order valence-corrected chi connectivity index (χ3v) is 19.6. The molecule has 0 heterocycles. The summed E-state index contributed by atoms with van der Waals surface area (Å²) in [5, 5.41) is 25.1. The van der Waals surface area contributed by atoms with E-state index in [9.17, 15) is 0 Å². The summed E-state index contributed by atoms with van der Waals surface area (Å²) in [4.78, 5) is 0. The maximum Gasteiger partial charge on any atom is 0.114 e. The first-order chi connectivity index (χ1) is 59.2. The molecule has 0 aromatic heterocycles. The summed E-state index contributed by atoms with van der Waals surface area (Å²) < 4.78 is 41.6. The van der Waals surface area contributed by atoms with Crippen molar-refractivity contribution in [2.24, 2.45) is 0 Å². The van der Waals surface area contributed by atoms with Gasteiger partial charge < -0.3 is 37.9 Å². The fourth-order valence-electron chi connectivity index (χ4n) is 13.8. The van der Waals surface area contributed by atoms with Gasteiger partial charge in [-0.05, 0) is 195 Å². The first-order valence-corrected chi connectivity index (χ1v) is 39.7. The highest BCUT2D eigenvalue weighted by Crippen LogP contribution is 2.31. The van der Waals surface area contributed by atoms with Crippen molar-refractivity contribution in [1.82, 2.24) is 0 Å². The van der Waals surface area contributed by atoms with Crippen molar-refractivity contribution in [1.29, 1.82) is 0 Å². The van der Waals surface area contributed by atoms with Crippen LogP contribution in [0.5, 0.6) is 0 Å². The van der Waals surface area contributed by atoms with E-state index in [-0.39, 0.29) is 0 Å². The molecule has 0 saturated carbocycles. The molecule has 18 aromatic carbocycles. The minimum atomic E-state index is 0.561. The average Bonchev–Trinajstić information content (AvgIpc) is 0.772. The molecule has 8 heteroatoms. The van der Waals surface area contributed by atoms with Gasteiger partial charge in [0.15, 0.2) is 0 Å². The van der Waals surface area contributed by atoms with Gasteiger partial charge in [0.25, 0.3) is 0 Å². The van der Waals surface area contributed by atoms with Gasteiger partial charge in [0, 0.05) is 5.56 Å². The molecule has 18 rings (SSSR count). The number of benzene rings is 18. The topological polar surface area (TPSA) is 73.8 Å². The summed E-state index contributed by atoms with van der Waals surface area (Å²) in [5.74, 6) is 0. The molecule has 0 N–H and O–H groups in total. The molecular weight excluding hydrogens is 1470 g/mol. The van der Waals surface area contributed by atoms with Gasteiger partial charge >= 0.3 is 0 Å². The van der Waals surface area contributed by atoms with E-state index in [1.807, 2.05) is 91.0 Å². The van der Waals surface area contributed by atoms with Gasteiger partial charge in [-0.25, -0.2) is 0 Å². The van der Waals surface area contributed by atoms with Crippen LogP contribution in [0.15, 0.2) is 467 Å². The molecule has 18 aromatic rings. The van der Waals surface area contributed by atoms with Crippen LogP contribution in [0.4, 0.5) is 0 Å². The largest absolute Gasteiger partial charge is 0.497 e. The Morgan fingerprint density at radius 2 is 0.392 bits per heavy atom. The highest BCUT2D eigenvalue weighted by molar-refractivity contribution is 6.03. The number of rotatable bonds is 24. The number of fused-ring (bicyclic) bond motifs is 10. The minimum absolute atomic E-state index is 0.561. The Morgan fingerprint density at radius 3 is 0.800 bits per heavy atom. The Morgan fingerprint density at radius 1 is 0.150 bits per heavy atom. The Bertz CT molecular complexity index is 6110. The Hall–Kier alpha value is -15.1. The molecule has 596 valence electrons. The molecule has 0 bridgehead atoms. The van der Waals surface area contributed by atoms with Crippen molar-refractivity contribution in [2.75, 3.05) is 0 Å². The summed E-state index contributed by atoms with van der Waals surface area (Å²) >= 11 is 0. The predicted molar refractivity (Wildman–Crippen MR) is 506 cm³/mol. The van der Waals surface area contributed by atoms with Crippen LogP contribution in [-0.4, -0.2) is 0 Å². The minimum Gasteiger partial charge on any atom is -0.497 e. The molecule has 120 heavy (non-hydrogen) atoms. The lowest BCUT2D eigenvalue weighted by atomic mass is 9.97. The van der Waals surface area contributed by atoms with Crippen molar-refractivity contribution in [3.63, 3.8) is 0 Å². The summed E-state index contributed by atoms with van der Waals surface area (Å²) in [6.45, 7) is 33.0. The van der Waals surface area contributed by atoms with Crippen LogP contribution < -0.4 is 0 Å². The fraction of sp³-hybridized carbons (Fsp3) is 0.0714. The number of hydrogen-bond donors (Lipinski definition) is 0. The van der Waals surface area contributed by atoms with Crippen molar-refractivity contribution in [2.45, 2.75) is 52.9 Å². The molecule has 0 unspecified atom stereocenters. The Labute approximate surface area is 705 Å². The van der Waals surface area contributed by atoms with Crippen molar-refractivity contribution in [3.05, 3.63) is 511 Å². The Kier molecular flexibility index (Phi) is 33.6. The zero-order valence-electron chi connectivity index (χ0n) is 67.8. The van der Waals surface area contributed by atoms with Crippen molar-refractivity contribution >= 4 is 108 Å². The van der Waals surface area contributed by atoms with Gasteiger partial charge in [0.2, 0.25) is 0 Å². The van der Waals surface area contributed by atoms with Crippen molar-refractivity contribution in [3.8, 4) is 0 Å². The molecule has 0 aliphatic heterocycles. The Balaban J connectivity index is 0.000000135. The standard InChI is InChI=1S/3C17H14O.4C13H12O.C9H10O/c1-2-18-12-17-15-9-5-3-7-13(15)11-14-8-4-6-10-16(14)17;1-2-18-12-16-9-5-8-15-10-13-6-3-4-7-14(13)11-17(15)16;1-2-18-12-13-7-8-16-10-14-5-3-4-6-15(14)11-17(16)9-13;2*1-2-14-10-12-8-5-7-11-6-3-4-9-13(11)12;2*1-2-14-10-11-7-8-12-5-3-4-6-13(12)9-11;1-2-10-8-9-6-4-3-5-7-9/h3*2-11H,1,12H2;4*2-9H,1,10H2;2-7H,1,8H2. The molecule has 0 spiro atoms. The van der Waals surface area contributed by atoms with Crippen LogP contribution in [0.2, 0.25) is 0 Å². The fourth-order valence-corrected chi connectivity index (χ4v) is 13.8. The lowest BCUT2D eigenvalue weighted by molar-refractivity contribution is 0.237. The molecule has 0 saturated heterocycles. The van der Waals surface area contributed by atoms with E-state index in [1.54, 1.807) is 0 Å². The summed E-state index contributed by atoms with van der Waals surface area (Å²) in [6.07, 6.45) is 11.8. The van der Waals surface area contributed by atoms with E-state index in [0.29, 0.717) is 52.9 Å². The highest BCUT2D eigenvalue weighted by Gasteiger charge is 2.09. The zero-order valence-corrected chi connectivity index (χ0v) is 67.8. The van der Waals surface area contributed by atoms with Crippen LogP contribution in [0.25, 0.3) is 108 Å². The van der Waals surface area contributed by atoms with E-state index in [0.717, 1.165) is 5.56 Å². The lowest BCUT2D eigenvalue weighted by Gasteiger charge is -2.11. The first kappa shape index (κ1) is 85.8. The van der Waals surface area contributed by atoms with E-state index in [1.165, 1.54) is 197 Å². The average molecular weight is 1570 g/mol. The number of ether oxygens (including phenoxy) is 8. The van der Waals surface area contributed by atoms with Gasteiger partial charge in [-0.3, -0.25) is 0 Å². The summed E-state index contributed by atoms with van der Waals surface area (Å²) in [5.41, 5.74) is 9.49. The van der Waals surface area contributed by atoms with Crippen LogP contribution in [0.3, 0.4) is 0 Å². The first-order valence-electron chi connectivity index (χ1n) is 39.7. The zero-order chi connectivity index (χ0) is 83.6. The monoisotopic (exact) mass is 1570 g/mol. The quantitative estimate of drug-likeness (QED) is 0.0438. The maximum atomic E-state index is 5.40. The second kappa shape index (κ2) is 47.0. The smallest absolute Gasteiger partial charge is 0.114 e. The van der Waals surface area contributed by atoms with E-state index in [2.05, 4.69) is 326 Å². The second-order valence-corrected chi connectivity index (χ2v) is 27.5. The molecule has 0 atom stereocenters. The van der Waals surface area contributed by atoms with Crippen LogP contribution in [0, 0.1) is 0 Å². The van der Waals surface area contributed by atoms with E-state index < -0.39 is 0 Å². The van der Waals surface area contributed by atoms with Gasteiger partial charge in [-0.1, -0.05) is 368 Å². The number of hydrogen-bond acceptors (Lipinski definition) is 8. The third kappa shape index (κ3) is 25.2. The lowest BCUT2D eigenvalue weighted by Crippen LogP contribution is -1.91. The van der Waals surface area contributed by atoms with Crippen LogP contribution in [0.1, 0.15) is 44.5 Å². The molecular formula is C112H100O8. The molecule has 0 amide bonds. The highest BCUT2D eigenvalue weighted by atomic mass is 16.5.